The molecule has 11 heteroatoms. The SMILES string of the molecule is CCOP(=O)(CC[C@H]1O[C@@H](OC(C)=O)[C@H](OC(=O)c2ccccc2)[C@H]1OC(=O)c1ccccc1)OCC. The summed E-state index contributed by atoms with van der Waals surface area (Å²) in [6.07, 6.45) is -4.79. The Balaban J connectivity index is 1.89. The van der Waals surface area contributed by atoms with Crippen LogP contribution in [0.5, 0.6) is 0 Å². The van der Waals surface area contributed by atoms with Crippen molar-refractivity contribution in [1.82, 2.24) is 0 Å². The standard InChI is InChI=1S/C26H31O10P/c1-4-31-37(30,32-5-2)17-16-21-22(35-24(28)19-12-8-6-9-13-19)23(26(34-21)33-18(3)27)36-25(29)20-14-10-7-11-15-20/h6-15,21-23,26H,4-5,16-17H2,1-3H3/t21-,22+,23-,26-/m1/s1. The average molecular weight is 534 g/mol. The van der Waals surface area contributed by atoms with E-state index in [-0.39, 0.29) is 36.9 Å². The fourth-order valence-corrected chi connectivity index (χ4v) is 5.52. The van der Waals surface area contributed by atoms with E-state index in [1.165, 1.54) is 6.92 Å². The number of ether oxygens (including phenoxy) is 4. The Hall–Kier alpha value is -3.04. The number of esters is 3. The van der Waals surface area contributed by atoms with Gasteiger partial charge in [-0.2, -0.15) is 0 Å². The molecule has 4 atom stereocenters. The van der Waals surface area contributed by atoms with E-state index in [9.17, 15) is 18.9 Å². The van der Waals surface area contributed by atoms with Crippen molar-refractivity contribution in [3.8, 4) is 0 Å². The molecular formula is C26H31O10P. The van der Waals surface area contributed by atoms with Crippen LogP contribution < -0.4 is 0 Å². The van der Waals surface area contributed by atoms with Gasteiger partial charge in [0.05, 0.1) is 30.5 Å². The Kier molecular flexibility index (Phi) is 10.4. The Labute approximate surface area is 215 Å². The van der Waals surface area contributed by atoms with Crippen LogP contribution in [0.4, 0.5) is 0 Å². The summed E-state index contributed by atoms with van der Waals surface area (Å²) in [5.74, 6) is -2.10. The lowest BCUT2D eigenvalue weighted by Crippen LogP contribution is -2.41. The normalized spacial score (nSPS) is 21.3. The molecule has 1 fully saturated rings. The fraction of sp³-hybridized carbons (Fsp3) is 0.423. The van der Waals surface area contributed by atoms with Gasteiger partial charge >= 0.3 is 25.5 Å². The third kappa shape index (κ3) is 7.97. The Bertz CT molecular complexity index is 1080. The first kappa shape index (κ1) is 28.5. The topological polar surface area (TPSA) is 124 Å². The second-order valence-corrected chi connectivity index (χ2v) is 10.3. The van der Waals surface area contributed by atoms with Crippen LogP contribution in [-0.4, -0.2) is 61.9 Å². The first-order valence-corrected chi connectivity index (χ1v) is 13.7. The van der Waals surface area contributed by atoms with Crippen LogP contribution >= 0.6 is 7.60 Å². The lowest BCUT2D eigenvalue weighted by atomic mass is 10.1. The van der Waals surface area contributed by atoms with Crippen molar-refractivity contribution in [3.63, 3.8) is 0 Å². The van der Waals surface area contributed by atoms with E-state index in [0.29, 0.717) is 0 Å². The van der Waals surface area contributed by atoms with Crippen molar-refractivity contribution >= 4 is 25.5 Å². The van der Waals surface area contributed by atoms with E-state index in [0.717, 1.165) is 0 Å². The molecule has 200 valence electrons. The van der Waals surface area contributed by atoms with E-state index >= 15 is 0 Å². The van der Waals surface area contributed by atoms with Gasteiger partial charge in [-0.3, -0.25) is 9.36 Å². The molecule has 0 N–H and O–H groups in total. The third-order valence-corrected chi connectivity index (χ3v) is 7.50. The third-order valence-electron chi connectivity index (χ3n) is 5.39. The van der Waals surface area contributed by atoms with E-state index in [4.69, 9.17) is 28.0 Å². The van der Waals surface area contributed by atoms with Crippen molar-refractivity contribution in [3.05, 3.63) is 71.8 Å². The predicted molar refractivity (Wildman–Crippen MR) is 132 cm³/mol. The number of hydrogen-bond donors (Lipinski definition) is 0. The molecule has 1 saturated heterocycles. The molecule has 0 spiro atoms. The van der Waals surface area contributed by atoms with Crippen LogP contribution in [0, 0.1) is 0 Å². The Morgan fingerprint density at radius 1 is 0.784 bits per heavy atom. The molecule has 2 aromatic carbocycles. The van der Waals surface area contributed by atoms with Crippen LogP contribution in [0.1, 0.15) is 47.9 Å². The van der Waals surface area contributed by atoms with Gasteiger partial charge in [0, 0.05) is 6.92 Å². The van der Waals surface area contributed by atoms with Gasteiger partial charge in [0.1, 0.15) is 6.10 Å². The second kappa shape index (κ2) is 13.5. The summed E-state index contributed by atoms with van der Waals surface area (Å²) >= 11 is 0. The number of carbonyl (C=O) groups is 3. The van der Waals surface area contributed by atoms with E-state index < -0.39 is 50.1 Å². The first-order chi connectivity index (χ1) is 17.8. The zero-order chi connectivity index (χ0) is 26.8. The van der Waals surface area contributed by atoms with Crippen molar-refractivity contribution in [2.24, 2.45) is 0 Å². The average Bonchev–Trinajstić information content (AvgIpc) is 3.19. The predicted octanol–water partition coefficient (Wildman–Crippen LogP) is 4.38. The highest BCUT2D eigenvalue weighted by Crippen LogP contribution is 2.49. The summed E-state index contributed by atoms with van der Waals surface area (Å²) in [6, 6.07) is 16.4. The van der Waals surface area contributed by atoms with Gasteiger partial charge in [-0.1, -0.05) is 36.4 Å². The summed E-state index contributed by atoms with van der Waals surface area (Å²) in [4.78, 5) is 37.6. The number of benzene rings is 2. The van der Waals surface area contributed by atoms with Gasteiger partial charge in [-0.25, -0.2) is 9.59 Å². The van der Waals surface area contributed by atoms with Crippen LogP contribution in [0.2, 0.25) is 0 Å². The lowest BCUT2D eigenvalue weighted by Gasteiger charge is -2.24. The minimum absolute atomic E-state index is 0.0428. The molecule has 0 unspecified atom stereocenters. The maximum absolute atomic E-state index is 13.0. The molecule has 37 heavy (non-hydrogen) atoms. The maximum Gasteiger partial charge on any atom is 0.338 e. The highest BCUT2D eigenvalue weighted by Gasteiger charge is 2.52. The summed E-state index contributed by atoms with van der Waals surface area (Å²) in [5, 5.41) is 0. The molecule has 10 nitrogen and oxygen atoms in total. The molecule has 0 radical (unpaired) electrons. The van der Waals surface area contributed by atoms with Crippen molar-refractivity contribution in [2.75, 3.05) is 19.4 Å². The van der Waals surface area contributed by atoms with Crippen molar-refractivity contribution in [2.45, 2.75) is 51.8 Å². The van der Waals surface area contributed by atoms with Gasteiger partial charge in [0.25, 0.3) is 0 Å². The quantitative estimate of drug-likeness (QED) is 0.220. The molecule has 3 rings (SSSR count). The summed E-state index contributed by atoms with van der Waals surface area (Å²) < 4.78 is 46.3. The van der Waals surface area contributed by atoms with Gasteiger partial charge < -0.3 is 28.0 Å². The number of rotatable bonds is 12. The van der Waals surface area contributed by atoms with Gasteiger partial charge in [0.2, 0.25) is 12.4 Å². The summed E-state index contributed by atoms with van der Waals surface area (Å²) in [7, 11) is -3.47. The zero-order valence-corrected chi connectivity index (χ0v) is 21.8. The largest absolute Gasteiger partial charge is 0.452 e. The van der Waals surface area contributed by atoms with Crippen LogP contribution in [0.3, 0.4) is 0 Å². The van der Waals surface area contributed by atoms with Crippen molar-refractivity contribution < 1.29 is 46.9 Å². The fourth-order valence-electron chi connectivity index (χ4n) is 3.83. The van der Waals surface area contributed by atoms with Gasteiger partial charge in [-0.05, 0) is 44.5 Å². The molecule has 1 aliphatic heterocycles. The van der Waals surface area contributed by atoms with E-state index in [1.807, 2.05) is 0 Å². The van der Waals surface area contributed by atoms with Crippen LogP contribution in [-0.2, 0) is 37.4 Å². The van der Waals surface area contributed by atoms with E-state index in [2.05, 4.69) is 0 Å². The summed E-state index contributed by atoms with van der Waals surface area (Å²) in [6.45, 7) is 4.90. The molecule has 1 aliphatic rings. The Morgan fingerprint density at radius 2 is 1.27 bits per heavy atom. The molecule has 0 aromatic heterocycles. The monoisotopic (exact) mass is 534 g/mol. The highest BCUT2D eigenvalue weighted by atomic mass is 31.2. The highest BCUT2D eigenvalue weighted by molar-refractivity contribution is 7.53. The summed E-state index contributed by atoms with van der Waals surface area (Å²) in [5.41, 5.74) is 0.512. The maximum atomic E-state index is 13.0. The van der Waals surface area contributed by atoms with Crippen LogP contribution in [0.15, 0.2) is 60.7 Å². The number of carbonyl (C=O) groups excluding carboxylic acids is 3. The van der Waals surface area contributed by atoms with Crippen molar-refractivity contribution in [1.29, 1.82) is 0 Å². The lowest BCUT2D eigenvalue weighted by molar-refractivity contribution is -0.186. The number of hydrogen-bond acceptors (Lipinski definition) is 10. The molecule has 0 amide bonds. The minimum atomic E-state index is -3.47. The molecule has 0 aliphatic carbocycles. The molecule has 0 bridgehead atoms. The molecule has 0 saturated carbocycles. The smallest absolute Gasteiger partial charge is 0.338 e. The molecule has 2 aromatic rings. The molecule has 1 heterocycles. The van der Waals surface area contributed by atoms with Gasteiger partial charge in [-0.15, -0.1) is 0 Å². The van der Waals surface area contributed by atoms with Crippen LogP contribution in [0.25, 0.3) is 0 Å². The first-order valence-electron chi connectivity index (χ1n) is 12.0. The Morgan fingerprint density at radius 3 is 1.73 bits per heavy atom. The molecular weight excluding hydrogens is 503 g/mol. The minimum Gasteiger partial charge on any atom is -0.452 e. The van der Waals surface area contributed by atoms with E-state index in [1.54, 1.807) is 74.5 Å². The zero-order valence-electron chi connectivity index (χ0n) is 20.9. The second-order valence-electron chi connectivity index (χ2n) is 8.08. The van der Waals surface area contributed by atoms with Gasteiger partial charge in [0.15, 0.2) is 6.10 Å².